The molecule has 1 aromatic heterocycles. The minimum atomic E-state index is -4.41. The van der Waals surface area contributed by atoms with Crippen molar-refractivity contribution in [3.8, 4) is 0 Å². The summed E-state index contributed by atoms with van der Waals surface area (Å²) in [6.07, 6.45) is -3.08. The third-order valence-corrected chi connectivity index (χ3v) is 4.09. The zero-order valence-electron chi connectivity index (χ0n) is 18.3. The molecular formula is C21H24F3N3O6. The average molecular weight is 471 g/mol. The van der Waals surface area contributed by atoms with E-state index in [4.69, 9.17) is 18.7 Å². The molecule has 0 unspecified atom stereocenters. The smallest absolute Gasteiger partial charge is 0.416 e. The Morgan fingerprint density at radius 3 is 2.15 bits per heavy atom. The maximum Gasteiger partial charge on any atom is 0.416 e. The highest BCUT2D eigenvalue weighted by Gasteiger charge is 2.30. The Labute approximate surface area is 188 Å². The standard InChI is InChI=1S/C21H24F3N3O6/c1-4-30-18(28)11-27(12-19(29)31-5-2)20-25-10-17(33-20)14(3)26-32-13-15-6-8-16(9-7-15)21(22,23)24/h6-10H,4-5,11-13H2,1-3H3. The van der Waals surface area contributed by atoms with Crippen LogP contribution in [0.1, 0.15) is 37.7 Å². The van der Waals surface area contributed by atoms with Gasteiger partial charge in [0.15, 0.2) is 5.76 Å². The van der Waals surface area contributed by atoms with Crippen molar-refractivity contribution >= 4 is 23.7 Å². The Morgan fingerprint density at radius 1 is 1.06 bits per heavy atom. The van der Waals surface area contributed by atoms with Gasteiger partial charge in [-0.25, -0.2) is 4.98 Å². The number of oxime groups is 1. The molecule has 33 heavy (non-hydrogen) atoms. The molecule has 9 nitrogen and oxygen atoms in total. The molecule has 2 aromatic rings. The molecule has 0 amide bonds. The molecule has 0 bridgehead atoms. The van der Waals surface area contributed by atoms with Crippen LogP contribution in [0.2, 0.25) is 0 Å². The van der Waals surface area contributed by atoms with Crippen LogP contribution in [0.3, 0.4) is 0 Å². The molecule has 180 valence electrons. The number of hydrogen-bond acceptors (Lipinski definition) is 9. The first kappa shape index (κ1) is 25.7. The van der Waals surface area contributed by atoms with E-state index in [0.29, 0.717) is 5.56 Å². The number of benzene rings is 1. The molecule has 1 aromatic carbocycles. The topological polar surface area (TPSA) is 103 Å². The van der Waals surface area contributed by atoms with Gasteiger partial charge in [-0.1, -0.05) is 17.3 Å². The van der Waals surface area contributed by atoms with E-state index in [2.05, 4.69) is 10.1 Å². The van der Waals surface area contributed by atoms with Crippen LogP contribution in [-0.2, 0) is 36.7 Å². The number of anilines is 1. The first-order valence-electron chi connectivity index (χ1n) is 9.99. The fourth-order valence-electron chi connectivity index (χ4n) is 2.53. The summed E-state index contributed by atoms with van der Waals surface area (Å²) >= 11 is 0. The summed E-state index contributed by atoms with van der Waals surface area (Å²) in [5.41, 5.74) is 0.0241. The van der Waals surface area contributed by atoms with Crippen LogP contribution in [-0.4, -0.2) is 48.9 Å². The van der Waals surface area contributed by atoms with Gasteiger partial charge >= 0.3 is 18.1 Å². The zero-order valence-corrected chi connectivity index (χ0v) is 18.3. The number of hydrogen-bond donors (Lipinski definition) is 0. The van der Waals surface area contributed by atoms with Gasteiger partial charge < -0.3 is 23.6 Å². The molecule has 0 aliphatic carbocycles. The van der Waals surface area contributed by atoms with Crippen molar-refractivity contribution in [2.75, 3.05) is 31.2 Å². The van der Waals surface area contributed by atoms with Crippen LogP contribution < -0.4 is 4.90 Å². The number of oxazole rings is 1. The van der Waals surface area contributed by atoms with Gasteiger partial charge in [-0.15, -0.1) is 0 Å². The summed E-state index contributed by atoms with van der Waals surface area (Å²) in [6, 6.07) is 4.48. The summed E-state index contributed by atoms with van der Waals surface area (Å²) in [5, 5.41) is 3.87. The Hall–Kier alpha value is -3.57. The molecule has 12 heteroatoms. The average Bonchev–Trinajstić information content (AvgIpc) is 3.24. The van der Waals surface area contributed by atoms with E-state index in [9.17, 15) is 22.8 Å². The van der Waals surface area contributed by atoms with E-state index in [0.717, 1.165) is 12.1 Å². The van der Waals surface area contributed by atoms with E-state index >= 15 is 0 Å². The summed E-state index contributed by atoms with van der Waals surface area (Å²) in [5.74, 6) is -0.950. The first-order chi connectivity index (χ1) is 15.6. The SMILES string of the molecule is CCOC(=O)CN(CC(=O)OCC)c1ncc(C(C)=NOCc2ccc(C(F)(F)F)cc2)o1. The molecule has 1 heterocycles. The second-order valence-corrected chi connectivity index (χ2v) is 6.62. The first-order valence-corrected chi connectivity index (χ1v) is 9.99. The molecule has 0 saturated heterocycles. The number of aromatic nitrogens is 1. The van der Waals surface area contributed by atoms with Gasteiger partial charge in [0.05, 0.1) is 25.0 Å². The summed E-state index contributed by atoms with van der Waals surface area (Å²) < 4.78 is 53.2. The lowest BCUT2D eigenvalue weighted by atomic mass is 10.1. The number of ether oxygens (including phenoxy) is 2. The Bertz CT molecular complexity index is 937. The predicted molar refractivity (Wildman–Crippen MR) is 110 cm³/mol. The van der Waals surface area contributed by atoms with Crippen molar-refractivity contribution in [3.63, 3.8) is 0 Å². The molecule has 0 atom stereocenters. The van der Waals surface area contributed by atoms with Gasteiger partial charge in [0.25, 0.3) is 6.01 Å². The fourth-order valence-corrected chi connectivity index (χ4v) is 2.53. The molecule has 2 rings (SSSR count). The quantitative estimate of drug-likeness (QED) is 0.278. The molecular weight excluding hydrogens is 447 g/mol. The maximum atomic E-state index is 12.6. The van der Waals surface area contributed by atoms with Gasteiger partial charge in [0.2, 0.25) is 0 Å². The van der Waals surface area contributed by atoms with Gasteiger partial charge in [-0.2, -0.15) is 13.2 Å². The third-order valence-electron chi connectivity index (χ3n) is 4.09. The number of nitrogens with zero attached hydrogens (tertiary/aromatic N) is 3. The van der Waals surface area contributed by atoms with Gasteiger partial charge in [0.1, 0.15) is 25.4 Å². The van der Waals surface area contributed by atoms with Crippen LogP contribution in [0.5, 0.6) is 0 Å². The monoisotopic (exact) mass is 471 g/mol. The lowest BCUT2D eigenvalue weighted by molar-refractivity contribution is -0.142. The van der Waals surface area contributed by atoms with E-state index in [1.165, 1.54) is 23.2 Å². The number of carbonyl (C=O) groups excluding carboxylic acids is 2. The van der Waals surface area contributed by atoms with Gasteiger partial charge in [-0.05, 0) is 38.5 Å². The molecule has 0 aliphatic heterocycles. The van der Waals surface area contributed by atoms with Crippen molar-refractivity contribution in [1.82, 2.24) is 4.98 Å². The molecule has 0 fully saturated rings. The largest absolute Gasteiger partial charge is 0.465 e. The Kier molecular flexibility index (Phi) is 9.25. The normalized spacial score (nSPS) is 11.8. The van der Waals surface area contributed by atoms with E-state index in [1.54, 1.807) is 20.8 Å². The summed E-state index contributed by atoms with van der Waals surface area (Å²) in [7, 11) is 0. The highest BCUT2D eigenvalue weighted by atomic mass is 19.4. The maximum absolute atomic E-state index is 12.6. The molecule has 0 aliphatic rings. The molecule has 0 N–H and O–H groups in total. The second kappa shape index (κ2) is 11.9. The summed E-state index contributed by atoms with van der Waals surface area (Å²) in [4.78, 5) is 34.2. The summed E-state index contributed by atoms with van der Waals surface area (Å²) in [6.45, 7) is 4.59. The highest BCUT2D eigenvalue weighted by molar-refractivity contribution is 5.95. The Balaban J connectivity index is 2.04. The molecule has 0 radical (unpaired) electrons. The van der Waals surface area contributed by atoms with Crippen LogP contribution in [0.25, 0.3) is 0 Å². The lowest BCUT2D eigenvalue weighted by Crippen LogP contribution is -2.36. The van der Waals surface area contributed by atoms with Crippen molar-refractivity contribution in [2.45, 2.75) is 33.6 Å². The third kappa shape index (κ3) is 8.13. The van der Waals surface area contributed by atoms with Gasteiger partial charge in [-0.3, -0.25) is 9.59 Å². The number of halogens is 3. The van der Waals surface area contributed by atoms with Gasteiger partial charge in [0, 0.05) is 0 Å². The fraction of sp³-hybridized carbons (Fsp3) is 0.429. The van der Waals surface area contributed by atoms with Crippen molar-refractivity contribution in [3.05, 3.63) is 47.3 Å². The highest BCUT2D eigenvalue weighted by Crippen LogP contribution is 2.29. The van der Waals surface area contributed by atoms with Crippen molar-refractivity contribution in [1.29, 1.82) is 0 Å². The minimum absolute atomic E-state index is 0.0246. The number of rotatable bonds is 11. The number of carbonyl (C=O) groups is 2. The van der Waals surface area contributed by atoms with E-state index < -0.39 is 23.7 Å². The predicted octanol–water partition coefficient (Wildman–Crippen LogP) is 3.57. The van der Waals surface area contributed by atoms with Crippen LogP contribution in [0, 0.1) is 0 Å². The minimum Gasteiger partial charge on any atom is -0.465 e. The molecule has 0 spiro atoms. The van der Waals surface area contributed by atoms with Crippen molar-refractivity contribution in [2.24, 2.45) is 5.16 Å². The lowest BCUT2D eigenvalue weighted by Gasteiger charge is -2.18. The van der Waals surface area contributed by atoms with E-state index in [-0.39, 0.29) is 50.4 Å². The molecule has 0 saturated carbocycles. The number of esters is 2. The van der Waals surface area contributed by atoms with Crippen molar-refractivity contribution < 1.29 is 41.5 Å². The second-order valence-electron chi connectivity index (χ2n) is 6.62. The van der Waals surface area contributed by atoms with Crippen LogP contribution in [0.4, 0.5) is 19.2 Å². The van der Waals surface area contributed by atoms with Crippen LogP contribution in [0.15, 0.2) is 40.0 Å². The zero-order chi connectivity index (χ0) is 24.4. The Morgan fingerprint density at radius 2 is 1.64 bits per heavy atom. The number of alkyl halides is 3. The van der Waals surface area contributed by atoms with E-state index in [1.807, 2.05) is 0 Å². The van der Waals surface area contributed by atoms with Crippen LogP contribution >= 0.6 is 0 Å².